The molecule has 2 N–H and O–H groups in total. The fraction of sp³-hybridized carbons (Fsp3) is 0.500. The van der Waals surface area contributed by atoms with Crippen molar-refractivity contribution in [2.75, 3.05) is 25.0 Å². The number of aldehydes is 1. The van der Waals surface area contributed by atoms with Gasteiger partial charge in [-0.3, -0.25) is 19.1 Å². The minimum absolute atomic E-state index is 0.0602. The Labute approximate surface area is 204 Å². The fourth-order valence-corrected chi connectivity index (χ4v) is 5.93. The summed E-state index contributed by atoms with van der Waals surface area (Å²) < 4.78 is 1.72. The van der Waals surface area contributed by atoms with Crippen molar-refractivity contribution >= 4 is 29.1 Å². The zero-order chi connectivity index (χ0) is 23.9. The average molecular weight is 474 g/mol. The number of hydrogen-bond donors (Lipinski definition) is 2. The highest BCUT2D eigenvalue weighted by molar-refractivity contribution is 5.88. The van der Waals surface area contributed by atoms with E-state index in [4.69, 9.17) is 9.97 Å². The van der Waals surface area contributed by atoms with Crippen molar-refractivity contribution < 1.29 is 4.79 Å². The molecule has 0 radical (unpaired) electrons. The van der Waals surface area contributed by atoms with Gasteiger partial charge in [0.25, 0.3) is 5.56 Å². The Kier molecular flexibility index (Phi) is 5.82. The van der Waals surface area contributed by atoms with Gasteiger partial charge in [0.1, 0.15) is 11.5 Å². The molecular weight excluding hydrogens is 442 g/mol. The maximum atomic E-state index is 13.2. The van der Waals surface area contributed by atoms with Crippen LogP contribution >= 0.6 is 0 Å². The van der Waals surface area contributed by atoms with E-state index in [2.05, 4.69) is 26.6 Å². The first-order chi connectivity index (χ1) is 17.1. The highest BCUT2D eigenvalue weighted by Crippen LogP contribution is 2.32. The summed E-state index contributed by atoms with van der Waals surface area (Å²) in [6.07, 6.45) is 8.56. The van der Waals surface area contributed by atoms with Crippen molar-refractivity contribution in [2.45, 2.75) is 64.1 Å². The standard InChI is InChI=1S/C26H31N7O2/c1-16-20-13-28-26(31-24(20)33(18-4-2-3-5-18)25(35)21(16)15-34)30-23-7-6-17-9-11-32(14-22(17)29-23)19-8-10-27-12-19/h6-7,13,15,18-19,27H,2-5,8-12,14H2,1H3,(H,28,29,30,31). The van der Waals surface area contributed by atoms with E-state index in [1.54, 1.807) is 17.7 Å². The van der Waals surface area contributed by atoms with Gasteiger partial charge in [-0.05, 0) is 56.3 Å². The molecule has 0 amide bonds. The molecule has 3 aromatic rings. The summed E-state index contributed by atoms with van der Waals surface area (Å²) in [5.74, 6) is 1.10. The van der Waals surface area contributed by atoms with Gasteiger partial charge in [-0.25, -0.2) is 9.97 Å². The van der Waals surface area contributed by atoms with E-state index in [1.165, 1.54) is 12.0 Å². The molecule has 182 valence electrons. The molecule has 0 bridgehead atoms. The first-order valence-corrected chi connectivity index (χ1v) is 12.7. The molecule has 1 unspecified atom stereocenters. The van der Waals surface area contributed by atoms with Crippen LogP contribution in [0, 0.1) is 6.92 Å². The molecule has 9 nitrogen and oxygen atoms in total. The fourth-order valence-electron chi connectivity index (χ4n) is 5.93. The highest BCUT2D eigenvalue weighted by Gasteiger charge is 2.27. The third-order valence-corrected chi connectivity index (χ3v) is 7.94. The Hall–Kier alpha value is -3.17. The summed E-state index contributed by atoms with van der Waals surface area (Å²) in [5, 5.41) is 7.46. The van der Waals surface area contributed by atoms with Gasteiger partial charge in [0.2, 0.25) is 5.95 Å². The van der Waals surface area contributed by atoms with Gasteiger partial charge in [-0.15, -0.1) is 0 Å². The second kappa shape index (κ2) is 9.13. The lowest BCUT2D eigenvalue weighted by molar-refractivity contribution is 0.112. The summed E-state index contributed by atoms with van der Waals surface area (Å²) >= 11 is 0. The summed E-state index contributed by atoms with van der Waals surface area (Å²) in [6, 6.07) is 4.76. The van der Waals surface area contributed by atoms with Gasteiger partial charge in [-0.2, -0.15) is 4.98 Å². The molecule has 1 saturated carbocycles. The summed E-state index contributed by atoms with van der Waals surface area (Å²) in [5.41, 5.74) is 3.56. The lowest BCUT2D eigenvalue weighted by Crippen LogP contribution is -2.40. The number of aryl methyl sites for hydroxylation is 1. The average Bonchev–Trinajstić information content (AvgIpc) is 3.59. The van der Waals surface area contributed by atoms with Crippen molar-refractivity contribution in [3.05, 3.63) is 51.1 Å². The van der Waals surface area contributed by atoms with Gasteiger partial charge >= 0.3 is 0 Å². The van der Waals surface area contributed by atoms with Crippen LogP contribution in [0.4, 0.5) is 11.8 Å². The quantitative estimate of drug-likeness (QED) is 0.545. The zero-order valence-electron chi connectivity index (χ0n) is 20.1. The first-order valence-electron chi connectivity index (χ1n) is 12.7. The van der Waals surface area contributed by atoms with Crippen LogP contribution in [0.3, 0.4) is 0 Å². The van der Waals surface area contributed by atoms with Gasteiger partial charge in [0.15, 0.2) is 6.29 Å². The van der Waals surface area contributed by atoms with E-state index in [-0.39, 0.29) is 17.2 Å². The first kappa shape index (κ1) is 22.3. The van der Waals surface area contributed by atoms with Crippen LogP contribution in [0.25, 0.3) is 11.0 Å². The lowest BCUT2D eigenvalue weighted by Gasteiger charge is -2.32. The van der Waals surface area contributed by atoms with Crippen LogP contribution in [0.5, 0.6) is 0 Å². The maximum absolute atomic E-state index is 13.2. The Morgan fingerprint density at radius 2 is 2.00 bits per heavy atom. The van der Waals surface area contributed by atoms with E-state index in [9.17, 15) is 9.59 Å². The van der Waals surface area contributed by atoms with Gasteiger partial charge < -0.3 is 10.6 Å². The molecule has 1 atom stereocenters. The Morgan fingerprint density at radius 3 is 2.77 bits per heavy atom. The highest BCUT2D eigenvalue weighted by atomic mass is 16.1. The number of anilines is 2. The monoisotopic (exact) mass is 473 g/mol. The molecule has 9 heteroatoms. The number of carbonyl (C=O) groups is 1. The maximum Gasteiger partial charge on any atom is 0.263 e. The van der Waals surface area contributed by atoms with E-state index in [1.807, 2.05) is 6.07 Å². The van der Waals surface area contributed by atoms with Crippen molar-refractivity contribution in [1.82, 2.24) is 29.7 Å². The molecule has 1 saturated heterocycles. The largest absolute Gasteiger partial charge is 0.315 e. The molecule has 6 rings (SSSR count). The Balaban J connectivity index is 1.34. The zero-order valence-corrected chi connectivity index (χ0v) is 20.1. The normalized spacial score (nSPS) is 20.9. The SMILES string of the molecule is Cc1c(C=O)c(=O)n(C2CCCC2)c2nc(Nc3ccc4c(n3)CN(C3CCNC3)CC4)ncc12. The van der Waals surface area contributed by atoms with Crippen molar-refractivity contribution in [1.29, 1.82) is 0 Å². The molecule has 3 aliphatic rings. The molecule has 35 heavy (non-hydrogen) atoms. The van der Waals surface area contributed by atoms with Crippen molar-refractivity contribution in [3.8, 4) is 0 Å². The van der Waals surface area contributed by atoms with E-state index >= 15 is 0 Å². The number of fused-ring (bicyclic) bond motifs is 2. The van der Waals surface area contributed by atoms with Crippen LogP contribution in [0.15, 0.2) is 23.1 Å². The van der Waals surface area contributed by atoms with Gasteiger partial charge in [0, 0.05) is 43.3 Å². The molecule has 1 aliphatic carbocycles. The van der Waals surface area contributed by atoms with E-state index in [0.29, 0.717) is 35.3 Å². The predicted octanol–water partition coefficient (Wildman–Crippen LogP) is 2.89. The summed E-state index contributed by atoms with van der Waals surface area (Å²) in [6.45, 7) is 5.85. The molecule has 5 heterocycles. The van der Waals surface area contributed by atoms with Crippen molar-refractivity contribution in [2.24, 2.45) is 0 Å². The Bertz CT molecular complexity index is 1340. The number of nitrogens with one attached hydrogen (secondary N) is 2. The van der Waals surface area contributed by atoms with Gasteiger partial charge in [-0.1, -0.05) is 18.9 Å². The van der Waals surface area contributed by atoms with Gasteiger partial charge in [0.05, 0.1) is 11.3 Å². The second-order valence-corrected chi connectivity index (χ2v) is 10.00. The minimum atomic E-state index is -0.255. The summed E-state index contributed by atoms with van der Waals surface area (Å²) in [7, 11) is 0. The summed E-state index contributed by atoms with van der Waals surface area (Å²) in [4.78, 5) is 41.6. The topological polar surface area (TPSA) is 105 Å². The molecule has 2 fully saturated rings. The third-order valence-electron chi connectivity index (χ3n) is 7.94. The van der Waals surface area contributed by atoms with Crippen LogP contribution in [-0.2, 0) is 13.0 Å². The molecular formula is C26H31N7O2. The molecule has 0 spiro atoms. The van der Waals surface area contributed by atoms with Crippen LogP contribution in [0.1, 0.15) is 65.3 Å². The number of rotatable bonds is 5. The number of aromatic nitrogens is 4. The van der Waals surface area contributed by atoms with Crippen LogP contribution in [0.2, 0.25) is 0 Å². The number of pyridine rings is 2. The van der Waals surface area contributed by atoms with Crippen LogP contribution < -0.4 is 16.2 Å². The number of nitrogens with zero attached hydrogens (tertiary/aromatic N) is 5. The predicted molar refractivity (Wildman–Crippen MR) is 134 cm³/mol. The van der Waals surface area contributed by atoms with E-state index in [0.717, 1.165) is 69.4 Å². The number of hydrogen-bond acceptors (Lipinski definition) is 8. The molecule has 3 aromatic heterocycles. The van der Waals surface area contributed by atoms with Crippen LogP contribution in [-0.4, -0.2) is 56.4 Å². The molecule has 2 aliphatic heterocycles. The second-order valence-electron chi connectivity index (χ2n) is 10.00. The smallest absolute Gasteiger partial charge is 0.263 e. The minimum Gasteiger partial charge on any atom is -0.315 e. The van der Waals surface area contributed by atoms with E-state index < -0.39 is 0 Å². The lowest BCUT2D eigenvalue weighted by atomic mass is 10.0. The Morgan fingerprint density at radius 1 is 1.14 bits per heavy atom. The van der Waals surface area contributed by atoms with Crippen molar-refractivity contribution in [3.63, 3.8) is 0 Å². The third kappa shape index (κ3) is 4.02. The number of carbonyl (C=O) groups excluding carboxylic acids is 1. The molecule has 0 aromatic carbocycles.